The summed E-state index contributed by atoms with van der Waals surface area (Å²) in [4.78, 5) is 25.1. The Morgan fingerprint density at radius 1 is 0.442 bits per heavy atom. The van der Waals surface area contributed by atoms with Crippen LogP contribution >= 0.6 is 0 Å². The average Bonchev–Trinajstić information content (AvgIpc) is 3.14. The summed E-state index contributed by atoms with van der Waals surface area (Å²) in [5.41, 5.74) is 0. The lowest BCUT2D eigenvalue weighted by Gasteiger charge is -2.18. The summed E-state index contributed by atoms with van der Waals surface area (Å²) in [6.07, 6.45) is 53.3. The van der Waals surface area contributed by atoms with Crippen LogP contribution in [0.1, 0.15) is 188 Å². The second-order valence-corrected chi connectivity index (χ2v) is 13.8. The van der Waals surface area contributed by atoms with Crippen molar-refractivity contribution in [2.24, 2.45) is 0 Å². The van der Waals surface area contributed by atoms with Crippen LogP contribution in [0.4, 0.5) is 0 Å². The number of hydrogen-bond acceptors (Lipinski definition) is 5. The van der Waals surface area contributed by atoms with Gasteiger partial charge in [0.05, 0.1) is 6.61 Å². The Balaban J connectivity index is 4.35. The molecule has 0 saturated heterocycles. The molecule has 5 heteroatoms. The van der Waals surface area contributed by atoms with Gasteiger partial charge >= 0.3 is 11.9 Å². The van der Waals surface area contributed by atoms with Gasteiger partial charge in [-0.05, 0) is 83.5 Å². The number of hydrogen-bond donors (Lipinski definition) is 0. The van der Waals surface area contributed by atoms with Crippen molar-refractivity contribution in [3.8, 4) is 0 Å². The topological polar surface area (TPSA) is 61.8 Å². The van der Waals surface area contributed by atoms with Crippen molar-refractivity contribution in [1.29, 1.82) is 0 Å². The number of rotatable bonds is 38. The quantitative estimate of drug-likeness (QED) is 0.0360. The average molecular weight is 725 g/mol. The standard InChI is InChI=1S/C47H80O5/c1-4-7-10-13-16-19-22-24-26-28-31-34-37-40-46(48)51-44-45(43-50-42-39-36-33-30-21-18-15-12-9-6-3)52-47(49)41-38-35-32-29-27-25-23-20-17-14-11-8-5-2/h7-8,10-11,16-17,19-20,24-27,45H,4-6,9,12-15,18,21-23,28-44H2,1-3H3/b10-7-,11-8-,19-16-,20-17-,26-24-,27-25-. The fourth-order valence-electron chi connectivity index (χ4n) is 5.60. The molecule has 0 heterocycles. The van der Waals surface area contributed by atoms with E-state index in [9.17, 15) is 9.59 Å². The van der Waals surface area contributed by atoms with Gasteiger partial charge in [-0.25, -0.2) is 0 Å². The molecule has 0 radical (unpaired) electrons. The number of esters is 2. The molecule has 5 nitrogen and oxygen atoms in total. The zero-order valence-electron chi connectivity index (χ0n) is 34.1. The van der Waals surface area contributed by atoms with Crippen molar-refractivity contribution in [1.82, 2.24) is 0 Å². The molecular formula is C47H80O5. The normalized spacial score (nSPS) is 12.9. The summed E-state index contributed by atoms with van der Waals surface area (Å²) in [5.74, 6) is -0.469. The second-order valence-electron chi connectivity index (χ2n) is 13.8. The molecule has 0 aromatic heterocycles. The Hall–Kier alpha value is -2.66. The first-order chi connectivity index (χ1) is 25.6. The Morgan fingerprint density at radius 3 is 1.37 bits per heavy atom. The fraction of sp³-hybridized carbons (Fsp3) is 0.702. The lowest BCUT2D eigenvalue weighted by molar-refractivity contribution is -0.163. The molecular weight excluding hydrogens is 645 g/mol. The van der Waals surface area contributed by atoms with E-state index in [2.05, 4.69) is 93.7 Å². The maximum Gasteiger partial charge on any atom is 0.306 e. The van der Waals surface area contributed by atoms with Crippen LogP contribution in [-0.2, 0) is 23.8 Å². The Bertz CT molecular complexity index is 957. The lowest BCUT2D eigenvalue weighted by Crippen LogP contribution is -2.30. The molecule has 0 bridgehead atoms. The molecule has 52 heavy (non-hydrogen) atoms. The van der Waals surface area contributed by atoms with E-state index in [1.807, 2.05) is 0 Å². The third kappa shape index (κ3) is 40.1. The van der Waals surface area contributed by atoms with Gasteiger partial charge in [-0.2, -0.15) is 0 Å². The first-order valence-corrected chi connectivity index (χ1v) is 21.5. The van der Waals surface area contributed by atoms with Crippen molar-refractivity contribution < 1.29 is 23.8 Å². The van der Waals surface area contributed by atoms with Gasteiger partial charge in [0.15, 0.2) is 6.10 Å². The van der Waals surface area contributed by atoms with Crippen LogP contribution < -0.4 is 0 Å². The molecule has 298 valence electrons. The van der Waals surface area contributed by atoms with Crippen molar-refractivity contribution in [2.45, 2.75) is 194 Å². The molecule has 0 aromatic carbocycles. The van der Waals surface area contributed by atoms with Gasteiger partial charge in [-0.3, -0.25) is 9.59 Å². The largest absolute Gasteiger partial charge is 0.462 e. The molecule has 0 aliphatic heterocycles. The van der Waals surface area contributed by atoms with E-state index in [4.69, 9.17) is 14.2 Å². The minimum absolute atomic E-state index is 0.0568. The summed E-state index contributed by atoms with van der Waals surface area (Å²) in [5, 5.41) is 0. The molecule has 1 atom stereocenters. The number of unbranched alkanes of at least 4 members (excludes halogenated alkanes) is 15. The predicted octanol–water partition coefficient (Wildman–Crippen LogP) is 14.0. The van der Waals surface area contributed by atoms with E-state index in [-0.39, 0.29) is 25.2 Å². The zero-order valence-corrected chi connectivity index (χ0v) is 34.1. The zero-order chi connectivity index (χ0) is 37.8. The lowest BCUT2D eigenvalue weighted by atomic mass is 10.1. The van der Waals surface area contributed by atoms with Gasteiger partial charge in [-0.1, -0.05) is 164 Å². The van der Waals surface area contributed by atoms with E-state index in [1.165, 1.54) is 51.4 Å². The van der Waals surface area contributed by atoms with Crippen LogP contribution in [0.15, 0.2) is 72.9 Å². The van der Waals surface area contributed by atoms with E-state index < -0.39 is 6.10 Å². The number of ether oxygens (including phenoxy) is 3. The highest BCUT2D eigenvalue weighted by Crippen LogP contribution is 2.12. The van der Waals surface area contributed by atoms with Gasteiger partial charge < -0.3 is 14.2 Å². The predicted molar refractivity (Wildman–Crippen MR) is 224 cm³/mol. The van der Waals surface area contributed by atoms with Crippen LogP contribution in [0.2, 0.25) is 0 Å². The molecule has 0 fully saturated rings. The highest BCUT2D eigenvalue weighted by Gasteiger charge is 2.17. The smallest absolute Gasteiger partial charge is 0.306 e. The molecule has 1 unspecified atom stereocenters. The maximum atomic E-state index is 12.7. The summed E-state index contributed by atoms with van der Waals surface area (Å²) < 4.78 is 17.2. The first-order valence-electron chi connectivity index (χ1n) is 21.5. The number of carbonyl (C=O) groups excluding carboxylic acids is 2. The van der Waals surface area contributed by atoms with Gasteiger partial charge in [0, 0.05) is 19.4 Å². The minimum atomic E-state index is -0.560. The Morgan fingerprint density at radius 2 is 0.865 bits per heavy atom. The van der Waals surface area contributed by atoms with E-state index in [0.29, 0.717) is 19.4 Å². The van der Waals surface area contributed by atoms with Gasteiger partial charge in [0.1, 0.15) is 6.61 Å². The summed E-state index contributed by atoms with van der Waals surface area (Å²) >= 11 is 0. The highest BCUT2D eigenvalue weighted by molar-refractivity contribution is 5.70. The molecule has 0 aliphatic rings. The van der Waals surface area contributed by atoms with Crippen LogP contribution in [0, 0.1) is 0 Å². The highest BCUT2D eigenvalue weighted by atomic mass is 16.6. The fourth-order valence-corrected chi connectivity index (χ4v) is 5.60. The molecule has 0 spiro atoms. The van der Waals surface area contributed by atoms with Gasteiger partial charge in [0.2, 0.25) is 0 Å². The summed E-state index contributed by atoms with van der Waals surface area (Å²) in [6.45, 7) is 7.52. The monoisotopic (exact) mass is 725 g/mol. The van der Waals surface area contributed by atoms with Crippen molar-refractivity contribution in [3.05, 3.63) is 72.9 Å². The van der Waals surface area contributed by atoms with E-state index >= 15 is 0 Å². The Labute approximate surface area is 321 Å². The van der Waals surface area contributed by atoms with Gasteiger partial charge in [-0.15, -0.1) is 0 Å². The third-order valence-electron chi connectivity index (χ3n) is 8.74. The number of carbonyl (C=O) groups is 2. The van der Waals surface area contributed by atoms with Crippen molar-refractivity contribution >= 4 is 11.9 Å². The van der Waals surface area contributed by atoms with Gasteiger partial charge in [0.25, 0.3) is 0 Å². The molecule has 0 saturated carbocycles. The SMILES string of the molecule is CC/C=C\C/C=C\C/C=C\CCCCCC(=O)OCC(COCCCCCCCCCCCC)OC(=O)CCCCC/C=C\C/C=C\C/C=C\CC. The molecule has 0 N–H and O–H groups in total. The summed E-state index contributed by atoms with van der Waals surface area (Å²) in [7, 11) is 0. The first kappa shape index (κ1) is 49.3. The molecule has 0 aromatic rings. The van der Waals surface area contributed by atoms with Crippen LogP contribution in [-0.4, -0.2) is 37.9 Å². The van der Waals surface area contributed by atoms with Crippen molar-refractivity contribution in [2.75, 3.05) is 19.8 Å². The molecule has 0 amide bonds. The van der Waals surface area contributed by atoms with Crippen LogP contribution in [0.5, 0.6) is 0 Å². The molecule has 0 aliphatic carbocycles. The van der Waals surface area contributed by atoms with Crippen molar-refractivity contribution in [3.63, 3.8) is 0 Å². The van der Waals surface area contributed by atoms with Crippen LogP contribution in [0.25, 0.3) is 0 Å². The maximum absolute atomic E-state index is 12.7. The minimum Gasteiger partial charge on any atom is -0.462 e. The van der Waals surface area contributed by atoms with E-state index in [0.717, 1.165) is 103 Å². The van der Waals surface area contributed by atoms with Crippen LogP contribution in [0.3, 0.4) is 0 Å². The summed E-state index contributed by atoms with van der Waals surface area (Å²) in [6, 6.07) is 0. The van der Waals surface area contributed by atoms with E-state index in [1.54, 1.807) is 0 Å². The Kier molecular flexibility index (Phi) is 40.6. The number of allylic oxidation sites excluding steroid dienone is 12. The third-order valence-corrected chi connectivity index (χ3v) is 8.74. The molecule has 0 rings (SSSR count). The second kappa shape index (κ2) is 42.8.